The molecular formula is C22H25N3O7S. The molecule has 0 radical (unpaired) electrons. The van der Waals surface area contributed by atoms with E-state index in [1.165, 1.54) is 22.5 Å². The molecular weight excluding hydrogens is 450 g/mol. The summed E-state index contributed by atoms with van der Waals surface area (Å²) in [6.07, 6.45) is 2.58. The van der Waals surface area contributed by atoms with Gasteiger partial charge in [-0.25, -0.2) is 13.2 Å². The first-order chi connectivity index (χ1) is 15.6. The molecule has 1 fully saturated rings. The fraction of sp³-hybridized carbons (Fsp3) is 0.364. The molecule has 2 aromatic carbocycles. The molecule has 1 amide bonds. The summed E-state index contributed by atoms with van der Waals surface area (Å²) in [5.74, 6) is -1.51. The molecule has 3 rings (SSSR count). The van der Waals surface area contributed by atoms with Crippen molar-refractivity contribution in [2.45, 2.75) is 38.0 Å². The number of benzene rings is 2. The van der Waals surface area contributed by atoms with Crippen molar-refractivity contribution in [1.29, 1.82) is 0 Å². The number of piperidine rings is 1. The zero-order valence-corrected chi connectivity index (χ0v) is 19.2. The monoisotopic (exact) mass is 475 g/mol. The fourth-order valence-corrected chi connectivity index (χ4v) is 5.07. The molecule has 2 aromatic rings. The quantitative estimate of drug-likeness (QED) is 0.368. The minimum atomic E-state index is -3.71. The Morgan fingerprint density at radius 2 is 1.76 bits per heavy atom. The highest BCUT2D eigenvalue weighted by Gasteiger charge is 2.27. The van der Waals surface area contributed by atoms with Crippen LogP contribution < -0.4 is 5.32 Å². The van der Waals surface area contributed by atoms with Crippen LogP contribution in [0.4, 0.5) is 11.4 Å². The molecule has 0 bridgehead atoms. The van der Waals surface area contributed by atoms with Gasteiger partial charge in [0.2, 0.25) is 10.0 Å². The number of hydrogen-bond donors (Lipinski definition) is 1. The van der Waals surface area contributed by atoms with E-state index in [9.17, 15) is 28.1 Å². The van der Waals surface area contributed by atoms with E-state index in [0.29, 0.717) is 18.7 Å². The van der Waals surface area contributed by atoms with E-state index < -0.39 is 32.5 Å². The van der Waals surface area contributed by atoms with Gasteiger partial charge in [0.15, 0.2) is 0 Å². The number of non-ortho nitro benzene ring substituents is 1. The van der Waals surface area contributed by atoms with Crippen molar-refractivity contribution in [2.24, 2.45) is 0 Å². The van der Waals surface area contributed by atoms with Gasteiger partial charge < -0.3 is 10.1 Å². The first-order valence-corrected chi connectivity index (χ1v) is 12.0. The van der Waals surface area contributed by atoms with Crippen molar-refractivity contribution < 1.29 is 27.7 Å². The number of hydrogen-bond acceptors (Lipinski definition) is 7. The van der Waals surface area contributed by atoms with Gasteiger partial charge >= 0.3 is 5.97 Å². The van der Waals surface area contributed by atoms with Gasteiger partial charge in [-0.3, -0.25) is 14.9 Å². The number of aryl methyl sites for hydroxylation is 1. The Morgan fingerprint density at radius 1 is 1.09 bits per heavy atom. The second-order valence-corrected chi connectivity index (χ2v) is 9.58. The SMILES string of the molecule is CCOC(=O)c1cc(C(=O)Nc2cc(S(=O)(=O)N3CCCCC3)ccc2C)cc([N+](=O)[O-])c1. The first-order valence-electron chi connectivity index (χ1n) is 10.5. The van der Waals surface area contributed by atoms with Crippen molar-refractivity contribution in [3.8, 4) is 0 Å². The zero-order chi connectivity index (χ0) is 24.2. The maximum Gasteiger partial charge on any atom is 0.338 e. The van der Waals surface area contributed by atoms with Crippen LogP contribution in [-0.4, -0.2) is 49.2 Å². The molecule has 1 aliphatic rings. The van der Waals surface area contributed by atoms with Crippen LogP contribution in [-0.2, 0) is 14.8 Å². The number of nitro benzene ring substituents is 1. The van der Waals surface area contributed by atoms with E-state index in [2.05, 4.69) is 5.32 Å². The number of sulfonamides is 1. The number of carbonyl (C=O) groups is 2. The molecule has 1 saturated heterocycles. The third-order valence-electron chi connectivity index (χ3n) is 5.31. The summed E-state index contributed by atoms with van der Waals surface area (Å²) in [7, 11) is -3.71. The van der Waals surface area contributed by atoms with Gasteiger partial charge in [0.25, 0.3) is 11.6 Å². The number of rotatable bonds is 7. The summed E-state index contributed by atoms with van der Waals surface area (Å²) >= 11 is 0. The summed E-state index contributed by atoms with van der Waals surface area (Å²) in [6.45, 7) is 4.26. The topological polar surface area (TPSA) is 136 Å². The van der Waals surface area contributed by atoms with E-state index in [1.807, 2.05) is 0 Å². The lowest BCUT2D eigenvalue weighted by atomic mass is 10.1. The van der Waals surface area contributed by atoms with Crippen LogP contribution >= 0.6 is 0 Å². The van der Waals surface area contributed by atoms with Crippen molar-refractivity contribution in [2.75, 3.05) is 25.0 Å². The predicted molar refractivity (Wildman–Crippen MR) is 121 cm³/mol. The number of nitro groups is 1. The summed E-state index contributed by atoms with van der Waals surface area (Å²) in [4.78, 5) is 35.6. The van der Waals surface area contributed by atoms with Gasteiger partial charge in [0, 0.05) is 36.5 Å². The number of amides is 1. The Balaban J connectivity index is 1.92. The highest BCUT2D eigenvalue weighted by Crippen LogP contribution is 2.26. The second kappa shape index (κ2) is 10.1. The summed E-state index contributed by atoms with van der Waals surface area (Å²) in [5.41, 5.74) is 0.161. The summed E-state index contributed by atoms with van der Waals surface area (Å²) < 4.78 is 32.3. The molecule has 1 heterocycles. The van der Waals surface area contributed by atoms with Crippen LogP contribution in [0.2, 0.25) is 0 Å². The maximum absolute atomic E-state index is 13.0. The molecule has 0 atom stereocenters. The van der Waals surface area contributed by atoms with Gasteiger partial charge in [-0.15, -0.1) is 0 Å². The number of nitrogens with one attached hydrogen (secondary N) is 1. The largest absolute Gasteiger partial charge is 0.462 e. The summed E-state index contributed by atoms with van der Waals surface area (Å²) in [6, 6.07) is 7.73. The van der Waals surface area contributed by atoms with Crippen LogP contribution in [0.3, 0.4) is 0 Å². The standard InChI is InChI=1S/C22H25N3O7S/c1-3-32-22(27)17-11-16(12-18(13-17)25(28)29)21(26)23-20-14-19(8-7-15(20)2)33(30,31)24-9-5-4-6-10-24/h7-8,11-14H,3-6,9-10H2,1-2H3,(H,23,26). The molecule has 0 spiro atoms. The third-order valence-corrected chi connectivity index (χ3v) is 7.21. The van der Waals surface area contributed by atoms with Crippen LogP contribution in [0.25, 0.3) is 0 Å². The van der Waals surface area contributed by atoms with E-state index >= 15 is 0 Å². The lowest BCUT2D eigenvalue weighted by Crippen LogP contribution is -2.35. The van der Waals surface area contributed by atoms with E-state index in [-0.39, 0.29) is 28.3 Å². The predicted octanol–water partition coefficient (Wildman–Crippen LogP) is 3.51. The molecule has 1 aliphatic heterocycles. The van der Waals surface area contributed by atoms with Crippen LogP contribution in [0.5, 0.6) is 0 Å². The fourth-order valence-electron chi connectivity index (χ4n) is 3.52. The van der Waals surface area contributed by atoms with E-state index in [1.54, 1.807) is 19.9 Å². The number of esters is 1. The molecule has 10 nitrogen and oxygen atoms in total. The normalized spacial score (nSPS) is 14.5. The van der Waals surface area contributed by atoms with Gasteiger partial charge in [-0.2, -0.15) is 4.31 Å². The molecule has 0 unspecified atom stereocenters. The zero-order valence-electron chi connectivity index (χ0n) is 18.4. The minimum absolute atomic E-state index is 0.0524. The average Bonchev–Trinajstić information content (AvgIpc) is 2.80. The molecule has 0 aromatic heterocycles. The maximum atomic E-state index is 13.0. The highest BCUT2D eigenvalue weighted by molar-refractivity contribution is 7.89. The third kappa shape index (κ3) is 5.55. The lowest BCUT2D eigenvalue weighted by Gasteiger charge is -2.26. The van der Waals surface area contributed by atoms with Gasteiger partial charge in [0.05, 0.1) is 22.0 Å². The number of anilines is 1. The number of carbonyl (C=O) groups excluding carboxylic acids is 2. The highest BCUT2D eigenvalue weighted by atomic mass is 32.2. The molecule has 0 saturated carbocycles. The van der Waals surface area contributed by atoms with Crippen LogP contribution in [0.1, 0.15) is 52.5 Å². The Labute approximate surface area is 191 Å². The summed E-state index contributed by atoms with van der Waals surface area (Å²) in [5, 5.41) is 13.9. The van der Waals surface area contributed by atoms with Crippen molar-refractivity contribution in [1.82, 2.24) is 4.31 Å². The van der Waals surface area contributed by atoms with Crippen molar-refractivity contribution in [3.63, 3.8) is 0 Å². The van der Waals surface area contributed by atoms with Crippen LogP contribution in [0, 0.1) is 17.0 Å². The molecule has 33 heavy (non-hydrogen) atoms. The first kappa shape index (κ1) is 24.3. The smallest absolute Gasteiger partial charge is 0.338 e. The van der Waals surface area contributed by atoms with Crippen LogP contribution in [0.15, 0.2) is 41.3 Å². The lowest BCUT2D eigenvalue weighted by molar-refractivity contribution is -0.384. The average molecular weight is 476 g/mol. The Hall–Kier alpha value is -3.31. The molecule has 0 aliphatic carbocycles. The van der Waals surface area contributed by atoms with Gasteiger partial charge in [-0.05, 0) is 50.5 Å². The van der Waals surface area contributed by atoms with E-state index in [4.69, 9.17) is 4.74 Å². The number of nitrogens with zero attached hydrogens (tertiary/aromatic N) is 2. The Morgan fingerprint density at radius 3 is 2.39 bits per heavy atom. The number of ether oxygens (including phenoxy) is 1. The van der Waals surface area contributed by atoms with E-state index in [0.717, 1.165) is 31.4 Å². The van der Waals surface area contributed by atoms with Crippen molar-refractivity contribution in [3.05, 3.63) is 63.2 Å². The molecule has 11 heteroatoms. The molecule has 176 valence electrons. The van der Waals surface area contributed by atoms with Crippen molar-refractivity contribution >= 4 is 33.3 Å². The minimum Gasteiger partial charge on any atom is -0.462 e. The van der Waals surface area contributed by atoms with Gasteiger partial charge in [0.1, 0.15) is 0 Å². The Bertz CT molecular complexity index is 1190. The Kier molecular flexibility index (Phi) is 7.44. The van der Waals surface area contributed by atoms with Gasteiger partial charge in [-0.1, -0.05) is 12.5 Å². The second-order valence-electron chi connectivity index (χ2n) is 7.64. The molecule has 1 N–H and O–H groups in total.